The number of fused-ring (bicyclic) bond motifs is 1. The zero-order chi connectivity index (χ0) is 16.7. The van der Waals surface area contributed by atoms with Crippen LogP contribution in [0.25, 0.3) is 10.2 Å². The molecule has 0 saturated carbocycles. The molecule has 0 radical (unpaired) electrons. The molecular formula is C16H14BrFN2O2S. The molecule has 0 aliphatic carbocycles. The molecule has 23 heavy (non-hydrogen) atoms. The topological polar surface area (TPSA) is 55.0 Å². The minimum Gasteiger partial charge on any atom is -0.480 e. The van der Waals surface area contributed by atoms with Crippen LogP contribution in [0.3, 0.4) is 0 Å². The maximum atomic E-state index is 13.9. The molecule has 4 nitrogen and oxygen atoms in total. The van der Waals surface area contributed by atoms with E-state index >= 15 is 0 Å². The van der Waals surface area contributed by atoms with Crippen molar-refractivity contribution in [2.45, 2.75) is 26.9 Å². The molecule has 3 aromatic rings. The molecular weight excluding hydrogens is 383 g/mol. The van der Waals surface area contributed by atoms with Gasteiger partial charge in [0.15, 0.2) is 23.5 Å². The van der Waals surface area contributed by atoms with Gasteiger partial charge in [0.1, 0.15) is 4.83 Å². The lowest BCUT2D eigenvalue weighted by molar-refractivity contribution is 0.206. The quantitative estimate of drug-likeness (QED) is 0.701. The van der Waals surface area contributed by atoms with Gasteiger partial charge in [-0.1, -0.05) is 15.9 Å². The van der Waals surface area contributed by atoms with Crippen molar-refractivity contribution in [3.8, 4) is 5.75 Å². The van der Waals surface area contributed by atoms with Gasteiger partial charge in [0.25, 0.3) is 5.56 Å². The second-order valence-electron chi connectivity index (χ2n) is 5.25. The van der Waals surface area contributed by atoms with Crippen molar-refractivity contribution >= 4 is 37.5 Å². The van der Waals surface area contributed by atoms with Crippen LogP contribution in [0.1, 0.15) is 29.3 Å². The first-order chi connectivity index (χ1) is 10.9. The number of hydrogen-bond acceptors (Lipinski definition) is 4. The summed E-state index contributed by atoms with van der Waals surface area (Å²) in [5.74, 6) is 0.0190. The van der Waals surface area contributed by atoms with Gasteiger partial charge in [-0.3, -0.25) is 4.79 Å². The van der Waals surface area contributed by atoms with E-state index in [-0.39, 0.29) is 11.3 Å². The molecule has 0 bridgehead atoms. The molecule has 0 saturated heterocycles. The Bertz CT molecular complexity index is 951. The summed E-state index contributed by atoms with van der Waals surface area (Å²) in [5, 5.41) is 0.610. The summed E-state index contributed by atoms with van der Waals surface area (Å²) in [6.07, 6.45) is -0.578. The minimum atomic E-state index is -0.578. The number of hydrogen-bond donors (Lipinski definition) is 1. The molecule has 1 unspecified atom stereocenters. The van der Waals surface area contributed by atoms with Crippen LogP contribution in [-0.2, 0) is 0 Å². The first kappa shape index (κ1) is 16.1. The average Bonchev–Trinajstić information content (AvgIpc) is 2.77. The largest absolute Gasteiger partial charge is 0.480 e. The molecule has 0 amide bonds. The number of halogens is 2. The van der Waals surface area contributed by atoms with Crippen molar-refractivity contribution in [1.29, 1.82) is 0 Å². The minimum absolute atomic E-state index is 0.113. The van der Waals surface area contributed by atoms with Crippen LogP contribution in [0.2, 0.25) is 0 Å². The highest BCUT2D eigenvalue weighted by Gasteiger charge is 2.17. The molecule has 1 aromatic carbocycles. The molecule has 0 aliphatic rings. The van der Waals surface area contributed by atoms with Gasteiger partial charge >= 0.3 is 0 Å². The monoisotopic (exact) mass is 396 g/mol. The number of thiophene rings is 1. The van der Waals surface area contributed by atoms with Gasteiger partial charge in [-0.25, -0.2) is 9.37 Å². The molecule has 0 fully saturated rings. The number of aromatic nitrogens is 2. The third kappa shape index (κ3) is 3.03. The second-order valence-corrected chi connectivity index (χ2v) is 7.37. The Morgan fingerprint density at radius 1 is 1.39 bits per heavy atom. The summed E-state index contributed by atoms with van der Waals surface area (Å²) in [5.41, 5.74) is 0.747. The summed E-state index contributed by atoms with van der Waals surface area (Å²) in [4.78, 5) is 21.2. The van der Waals surface area contributed by atoms with Crippen molar-refractivity contribution in [3.63, 3.8) is 0 Å². The predicted molar refractivity (Wildman–Crippen MR) is 92.9 cm³/mol. The lowest BCUT2D eigenvalue weighted by Gasteiger charge is -2.14. The maximum Gasteiger partial charge on any atom is 0.260 e. The van der Waals surface area contributed by atoms with E-state index in [4.69, 9.17) is 4.74 Å². The summed E-state index contributed by atoms with van der Waals surface area (Å²) in [6.45, 7) is 5.58. The van der Waals surface area contributed by atoms with Gasteiger partial charge in [0.2, 0.25) is 0 Å². The molecule has 1 atom stereocenters. The molecule has 3 rings (SSSR count). The van der Waals surface area contributed by atoms with Crippen LogP contribution < -0.4 is 10.3 Å². The molecule has 2 heterocycles. The number of nitrogens with zero attached hydrogens (tertiary/aromatic N) is 1. The van der Waals surface area contributed by atoms with Crippen molar-refractivity contribution in [1.82, 2.24) is 9.97 Å². The smallest absolute Gasteiger partial charge is 0.260 e. The van der Waals surface area contributed by atoms with Crippen molar-refractivity contribution in [2.75, 3.05) is 0 Å². The number of benzene rings is 1. The molecule has 2 aromatic heterocycles. The third-order valence-electron chi connectivity index (χ3n) is 3.64. The van der Waals surface area contributed by atoms with E-state index in [0.717, 1.165) is 10.4 Å². The zero-order valence-electron chi connectivity index (χ0n) is 12.7. The molecule has 7 heteroatoms. The van der Waals surface area contributed by atoms with E-state index in [1.807, 2.05) is 13.8 Å². The van der Waals surface area contributed by atoms with E-state index in [1.165, 1.54) is 23.5 Å². The Kier molecular flexibility index (Phi) is 4.25. The number of aromatic amines is 1. The van der Waals surface area contributed by atoms with Gasteiger partial charge < -0.3 is 9.72 Å². The molecule has 120 valence electrons. The van der Waals surface area contributed by atoms with Crippen molar-refractivity contribution in [3.05, 3.63) is 55.1 Å². The number of H-pyrrole nitrogens is 1. The second kappa shape index (κ2) is 6.05. The first-order valence-corrected chi connectivity index (χ1v) is 8.59. The van der Waals surface area contributed by atoms with Gasteiger partial charge in [-0.15, -0.1) is 11.3 Å². The van der Waals surface area contributed by atoms with E-state index in [9.17, 15) is 9.18 Å². The Morgan fingerprint density at radius 3 is 2.83 bits per heavy atom. The highest BCUT2D eigenvalue weighted by molar-refractivity contribution is 9.10. The van der Waals surface area contributed by atoms with Crippen LogP contribution >= 0.6 is 27.3 Å². The lowest BCUT2D eigenvalue weighted by Crippen LogP contribution is -2.16. The zero-order valence-corrected chi connectivity index (χ0v) is 15.1. The third-order valence-corrected chi connectivity index (χ3v) is 5.23. The predicted octanol–water partition coefficient (Wildman–Crippen LogP) is 4.64. The highest BCUT2D eigenvalue weighted by atomic mass is 79.9. The Morgan fingerprint density at radius 2 is 2.13 bits per heavy atom. The molecule has 0 aliphatic heterocycles. The van der Waals surface area contributed by atoms with E-state index in [0.29, 0.717) is 20.5 Å². The molecule has 1 N–H and O–H groups in total. The number of rotatable bonds is 3. The highest BCUT2D eigenvalue weighted by Crippen LogP contribution is 2.28. The number of ether oxygens (including phenoxy) is 1. The van der Waals surface area contributed by atoms with Gasteiger partial charge in [0.05, 0.1) is 5.39 Å². The fourth-order valence-electron chi connectivity index (χ4n) is 2.28. The Balaban J connectivity index is 1.98. The summed E-state index contributed by atoms with van der Waals surface area (Å²) in [7, 11) is 0. The maximum absolute atomic E-state index is 13.9. The molecule has 0 spiro atoms. The van der Waals surface area contributed by atoms with Crippen molar-refractivity contribution in [2.24, 2.45) is 0 Å². The normalized spacial score (nSPS) is 12.6. The van der Waals surface area contributed by atoms with E-state index < -0.39 is 11.9 Å². The SMILES string of the molecule is Cc1sc2nc(C(C)Oc3ccc(Br)cc3F)[nH]c(=O)c2c1C. The lowest BCUT2D eigenvalue weighted by atomic mass is 10.2. The van der Waals surface area contributed by atoms with Crippen LogP contribution in [-0.4, -0.2) is 9.97 Å². The first-order valence-electron chi connectivity index (χ1n) is 6.98. The van der Waals surface area contributed by atoms with Crippen LogP contribution in [0.5, 0.6) is 5.75 Å². The van der Waals surface area contributed by atoms with Gasteiger partial charge in [0, 0.05) is 9.35 Å². The number of aryl methyl sites for hydroxylation is 2. The number of nitrogens with one attached hydrogen (secondary N) is 1. The van der Waals surface area contributed by atoms with Crippen LogP contribution in [0.15, 0.2) is 27.5 Å². The van der Waals surface area contributed by atoms with E-state index in [2.05, 4.69) is 25.9 Å². The fourth-order valence-corrected chi connectivity index (χ4v) is 3.65. The Hall–Kier alpha value is -1.73. The summed E-state index contributed by atoms with van der Waals surface area (Å²) < 4.78 is 20.1. The van der Waals surface area contributed by atoms with Crippen molar-refractivity contribution < 1.29 is 9.13 Å². The summed E-state index contributed by atoms with van der Waals surface area (Å²) in [6, 6.07) is 4.55. The summed E-state index contributed by atoms with van der Waals surface area (Å²) >= 11 is 4.67. The van der Waals surface area contributed by atoms with Crippen LogP contribution in [0.4, 0.5) is 4.39 Å². The fraction of sp³-hybridized carbons (Fsp3) is 0.250. The average molecular weight is 397 g/mol. The van der Waals surface area contributed by atoms with Crippen LogP contribution in [0, 0.1) is 19.7 Å². The van der Waals surface area contributed by atoms with Gasteiger partial charge in [-0.2, -0.15) is 0 Å². The Labute approximate surface area is 144 Å². The standard InChI is InChI=1S/C16H14BrFN2O2S/c1-7-9(3)23-16-13(7)15(21)19-14(20-16)8(2)22-12-5-4-10(17)6-11(12)18/h4-6,8H,1-3H3,(H,19,20,21). The van der Waals surface area contributed by atoms with Gasteiger partial charge in [-0.05, 0) is 44.5 Å². The van der Waals surface area contributed by atoms with E-state index in [1.54, 1.807) is 13.0 Å².